The highest BCUT2D eigenvalue weighted by molar-refractivity contribution is 7.92. The van der Waals surface area contributed by atoms with E-state index in [9.17, 15) is 8.42 Å². The van der Waals surface area contributed by atoms with E-state index in [4.69, 9.17) is 0 Å². The number of hydrogen-bond acceptors (Lipinski definition) is 4. The fourth-order valence-electron chi connectivity index (χ4n) is 3.22. The summed E-state index contributed by atoms with van der Waals surface area (Å²) in [6, 6.07) is 24.6. The molecule has 0 spiro atoms. The SMILES string of the molecule is CN(C)c1ccc(/C=C\C(/C=C/c2ccc(N(C)C)cc2)S(=O)(=O)c2ccccc2)cc1. The summed E-state index contributed by atoms with van der Waals surface area (Å²) >= 11 is 0. The largest absolute Gasteiger partial charge is 0.378 e. The monoisotopic (exact) mass is 446 g/mol. The van der Waals surface area contributed by atoms with Gasteiger partial charge < -0.3 is 9.80 Å². The lowest BCUT2D eigenvalue weighted by Gasteiger charge is -2.13. The molecule has 0 bridgehead atoms. The summed E-state index contributed by atoms with van der Waals surface area (Å²) in [4.78, 5) is 4.37. The van der Waals surface area contributed by atoms with E-state index in [0.717, 1.165) is 22.5 Å². The van der Waals surface area contributed by atoms with Crippen molar-refractivity contribution < 1.29 is 8.42 Å². The fourth-order valence-corrected chi connectivity index (χ4v) is 4.64. The quantitative estimate of drug-likeness (QED) is 0.465. The van der Waals surface area contributed by atoms with Crippen LogP contribution in [-0.4, -0.2) is 41.9 Å². The van der Waals surface area contributed by atoms with Crippen LogP contribution in [0.2, 0.25) is 0 Å². The molecule has 1 atom stereocenters. The van der Waals surface area contributed by atoms with Gasteiger partial charge in [-0.05, 0) is 47.5 Å². The molecule has 166 valence electrons. The number of hydrogen-bond donors (Lipinski definition) is 0. The van der Waals surface area contributed by atoms with Crippen molar-refractivity contribution in [2.45, 2.75) is 10.1 Å². The molecule has 0 aromatic heterocycles. The van der Waals surface area contributed by atoms with Crippen molar-refractivity contribution in [3.05, 3.63) is 102 Å². The zero-order valence-electron chi connectivity index (χ0n) is 19.0. The number of nitrogens with zero attached hydrogens (tertiary/aromatic N) is 2. The van der Waals surface area contributed by atoms with Gasteiger partial charge in [0.1, 0.15) is 5.25 Å². The Kier molecular flexibility index (Phi) is 7.54. The Hall–Kier alpha value is -3.31. The highest BCUT2D eigenvalue weighted by Gasteiger charge is 2.22. The molecule has 3 rings (SSSR count). The van der Waals surface area contributed by atoms with Crippen molar-refractivity contribution in [2.24, 2.45) is 0 Å². The average Bonchev–Trinajstić information content (AvgIpc) is 2.80. The topological polar surface area (TPSA) is 40.6 Å². The molecule has 0 N–H and O–H groups in total. The van der Waals surface area contributed by atoms with Gasteiger partial charge in [-0.1, -0.05) is 66.8 Å². The van der Waals surface area contributed by atoms with Gasteiger partial charge >= 0.3 is 0 Å². The molecule has 0 aliphatic carbocycles. The molecule has 32 heavy (non-hydrogen) atoms. The van der Waals surface area contributed by atoms with E-state index >= 15 is 0 Å². The van der Waals surface area contributed by atoms with E-state index in [2.05, 4.69) is 0 Å². The standard InChI is InChI=1S/C27H30N2O2S/c1-28(2)24-16-10-22(11-17-24)14-20-27(32(30,31)26-8-6-5-7-9-26)21-15-23-12-18-25(19-13-23)29(3)4/h5-21,27H,1-4H3/b20-14-,21-15+. The van der Waals surface area contributed by atoms with Gasteiger partial charge in [0, 0.05) is 39.6 Å². The highest BCUT2D eigenvalue weighted by atomic mass is 32.2. The molecule has 0 saturated heterocycles. The second-order valence-electron chi connectivity index (χ2n) is 8.01. The van der Waals surface area contributed by atoms with Crippen molar-refractivity contribution in [3.8, 4) is 0 Å². The molecule has 0 aliphatic heterocycles. The van der Waals surface area contributed by atoms with Gasteiger partial charge in [0.2, 0.25) is 0 Å². The Morgan fingerprint density at radius 2 is 1.03 bits per heavy atom. The first-order valence-corrected chi connectivity index (χ1v) is 12.0. The van der Waals surface area contributed by atoms with Crippen molar-refractivity contribution in [1.82, 2.24) is 0 Å². The van der Waals surface area contributed by atoms with Crippen LogP contribution in [0.15, 0.2) is 95.9 Å². The maximum Gasteiger partial charge on any atom is 0.188 e. The van der Waals surface area contributed by atoms with Crippen LogP contribution in [0.25, 0.3) is 12.2 Å². The molecule has 0 fully saturated rings. The molecule has 0 aliphatic rings. The van der Waals surface area contributed by atoms with Crippen LogP contribution in [0.3, 0.4) is 0 Å². The summed E-state index contributed by atoms with van der Waals surface area (Å²) in [5.74, 6) is 0. The normalized spacial score (nSPS) is 12.9. The van der Waals surface area contributed by atoms with Gasteiger partial charge in [-0.2, -0.15) is 0 Å². The van der Waals surface area contributed by atoms with E-state index in [1.165, 1.54) is 0 Å². The van der Waals surface area contributed by atoms with Gasteiger partial charge in [-0.3, -0.25) is 0 Å². The molecular weight excluding hydrogens is 416 g/mol. The van der Waals surface area contributed by atoms with Crippen LogP contribution in [-0.2, 0) is 9.84 Å². The van der Waals surface area contributed by atoms with Crippen molar-refractivity contribution in [1.29, 1.82) is 0 Å². The summed E-state index contributed by atoms with van der Waals surface area (Å²) in [5, 5.41) is -0.785. The minimum Gasteiger partial charge on any atom is -0.378 e. The number of rotatable bonds is 8. The number of sulfone groups is 1. The first-order chi connectivity index (χ1) is 15.3. The van der Waals surface area contributed by atoms with E-state index in [-0.39, 0.29) is 0 Å². The third kappa shape index (κ3) is 5.89. The number of anilines is 2. The maximum absolute atomic E-state index is 13.3. The lowest BCUT2D eigenvalue weighted by molar-refractivity contribution is 0.594. The summed E-state index contributed by atoms with van der Waals surface area (Å²) in [5.41, 5.74) is 4.09. The van der Waals surface area contributed by atoms with Crippen LogP contribution in [0, 0.1) is 0 Å². The Balaban J connectivity index is 1.92. The van der Waals surface area contributed by atoms with E-state index in [1.807, 2.05) is 105 Å². The van der Waals surface area contributed by atoms with Gasteiger partial charge in [-0.15, -0.1) is 0 Å². The second-order valence-corrected chi connectivity index (χ2v) is 10.1. The highest BCUT2D eigenvalue weighted by Crippen LogP contribution is 2.21. The molecule has 0 saturated carbocycles. The first kappa shape index (κ1) is 23.4. The predicted octanol–water partition coefficient (Wildman–Crippen LogP) is 5.39. The van der Waals surface area contributed by atoms with Crippen LogP contribution < -0.4 is 9.80 Å². The molecule has 4 nitrogen and oxygen atoms in total. The zero-order chi connectivity index (χ0) is 23.1. The minimum atomic E-state index is -3.57. The second kappa shape index (κ2) is 10.3. The Morgan fingerprint density at radius 1 is 0.625 bits per heavy atom. The van der Waals surface area contributed by atoms with Crippen LogP contribution in [0.1, 0.15) is 11.1 Å². The maximum atomic E-state index is 13.3. The Bertz CT molecular complexity index is 1100. The van der Waals surface area contributed by atoms with Crippen LogP contribution in [0.5, 0.6) is 0 Å². The lowest BCUT2D eigenvalue weighted by Crippen LogP contribution is -2.16. The summed E-state index contributed by atoms with van der Waals surface area (Å²) in [6.07, 6.45) is 7.23. The molecule has 3 aromatic rings. The third-order valence-corrected chi connectivity index (χ3v) is 7.17. The first-order valence-electron chi connectivity index (χ1n) is 10.5. The Labute approximate surface area is 192 Å². The molecule has 3 aromatic carbocycles. The molecule has 0 amide bonds. The summed E-state index contributed by atoms with van der Waals surface area (Å²) in [7, 11) is 4.38. The summed E-state index contributed by atoms with van der Waals surface area (Å²) < 4.78 is 26.7. The number of benzene rings is 3. The van der Waals surface area contributed by atoms with Gasteiger partial charge in [0.15, 0.2) is 9.84 Å². The molecule has 5 heteroatoms. The van der Waals surface area contributed by atoms with Crippen LogP contribution >= 0.6 is 0 Å². The van der Waals surface area contributed by atoms with Crippen LogP contribution in [0.4, 0.5) is 11.4 Å². The van der Waals surface area contributed by atoms with Crippen molar-refractivity contribution >= 4 is 33.4 Å². The smallest absolute Gasteiger partial charge is 0.188 e. The van der Waals surface area contributed by atoms with Gasteiger partial charge in [0.05, 0.1) is 4.90 Å². The predicted molar refractivity (Wildman–Crippen MR) is 137 cm³/mol. The Morgan fingerprint density at radius 3 is 1.41 bits per heavy atom. The molecule has 0 radical (unpaired) electrons. The summed E-state index contributed by atoms with van der Waals surface area (Å²) in [6.45, 7) is 0. The van der Waals surface area contributed by atoms with E-state index in [0.29, 0.717) is 4.90 Å². The van der Waals surface area contributed by atoms with Crippen molar-refractivity contribution in [3.63, 3.8) is 0 Å². The molecule has 0 heterocycles. The fraction of sp³-hybridized carbons (Fsp3) is 0.185. The lowest BCUT2D eigenvalue weighted by atomic mass is 10.1. The molecular formula is C27H30N2O2S. The minimum absolute atomic E-state index is 0.310. The van der Waals surface area contributed by atoms with E-state index in [1.54, 1.807) is 36.4 Å². The van der Waals surface area contributed by atoms with Crippen molar-refractivity contribution in [2.75, 3.05) is 38.0 Å². The third-order valence-electron chi connectivity index (χ3n) is 5.21. The average molecular weight is 447 g/mol. The molecule has 1 unspecified atom stereocenters. The van der Waals surface area contributed by atoms with Gasteiger partial charge in [-0.25, -0.2) is 8.42 Å². The van der Waals surface area contributed by atoms with Gasteiger partial charge in [0.25, 0.3) is 0 Å². The van der Waals surface area contributed by atoms with E-state index < -0.39 is 15.1 Å². The zero-order valence-corrected chi connectivity index (χ0v) is 19.8.